The number of aromatic nitrogens is 1. The number of likely N-dealkylation sites (tertiary alicyclic amines) is 2. The van der Waals surface area contributed by atoms with Crippen molar-refractivity contribution in [3.05, 3.63) is 89.2 Å². The molecule has 0 saturated carbocycles. The number of hydrogen-bond acceptors (Lipinski definition) is 6. The standard InChI is InChI=1S/C36H44N4O3/c1-27-4-11-32(12-5-27)43-33-16-22-40(23-17-33)36(42)34-13-8-30(25-37-34)35(41)24-28-14-20-38(21-15-28)26-29-6-9-31(10-7-29)39-18-2-3-19-39/h4-13,25,28,33H,2-3,14-24,26H2,1H3. The summed E-state index contributed by atoms with van der Waals surface area (Å²) in [6.07, 6.45) is 8.48. The quantitative estimate of drug-likeness (QED) is 0.283. The zero-order chi connectivity index (χ0) is 29.6. The van der Waals surface area contributed by atoms with E-state index in [2.05, 4.69) is 46.0 Å². The molecule has 3 fully saturated rings. The average Bonchev–Trinajstić information content (AvgIpc) is 3.59. The lowest BCUT2D eigenvalue weighted by molar-refractivity contribution is 0.0589. The Bertz CT molecular complexity index is 1350. The predicted octanol–water partition coefficient (Wildman–Crippen LogP) is 6.16. The minimum absolute atomic E-state index is 0.0779. The minimum atomic E-state index is -0.0779. The van der Waals surface area contributed by atoms with E-state index in [1.807, 2.05) is 29.2 Å². The third kappa shape index (κ3) is 7.63. The number of pyridine rings is 1. The Hall–Kier alpha value is -3.71. The van der Waals surface area contributed by atoms with Crippen molar-refractivity contribution in [3.8, 4) is 5.75 Å². The average molecular weight is 581 g/mol. The second kappa shape index (κ2) is 13.7. The molecule has 0 bridgehead atoms. The normalized spacial score (nSPS) is 18.6. The van der Waals surface area contributed by atoms with E-state index in [1.165, 1.54) is 42.7 Å². The Kier molecular flexibility index (Phi) is 9.37. The number of Topliss-reactive ketones (excluding diaryl/α,β-unsaturated/α-hetero) is 1. The van der Waals surface area contributed by atoms with Crippen molar-refractivity contribution < 1.29 is 14.3 Å². The first-order valence-corrected chi connectivity index (χ1v) is 16.1. The lowest BCUT2D eigenvalue weighted by Crippen LogP contribution is -2.42. The highest BCUT2D eigenvalue weighted by Crippen LogP contribution is 2.26. The fourth-order valence-electron chi connectivity index (χ4n) is 6.61. The summed E-state index contributed by atoms with van der Waals surface area (Å²) in [5, 5.41) is 0. The molecule has 7 nitrogen and oxygen atoms in total. The Labute approximate surface area is 255 Å². The van der Waals surface area contributed by atoms with Crippen molar-refractivity contribution in [2.75, 3.05) is 44.2 Å². The fraction of sp³-hybridized carbons (Fsp3) is 0.472. The summed E-state index contributed by atoms with van der Waals surface area (Å²) in [7, 11) is 0. The van der Waals surface area contributed by atoms with E-state index in [1.54, 1.807) is 18.3 Å². The number of benzene rings is 2. The molecule has 0 unspecified atom stereocenters. The molecular weight excluding hydrogens is 536 g/mol. The van der Waals surface area contributed by atoms with Gasteiger partial charge < -0.3 is 14.5 Å². The van der Waals surface area contributed by atoms with Crippen molar-refractivity contribution in [2.24, 2.45) is 5.92 Å². The van der Waals surface area contributed by atoms with Crippen molar-refractivity contribution in [3.63, 3.8) is 0 Å². The first-order valence-electron chi connectivity index (χ1n) is 16.1. The number of anilines is 1. The van der Waals surface area contributed by atoms with Gasteiger partial charge in [-0.15, -0.1) is 0 Å². The summed E-state index contributed by atoms with van der Waals surface area (Å²) in [5.41, 5.74) is 4.91. The molecule has 0 spiro atoms. The summed E-state index contributed by atoms with van der Waals surface area (Å²) >= 11 is 0. The van der Waals surface area contributed by atoms with Crippen LogP contribution in [0.1, 0.15) is 76.9 Å². The van der Waals surface area contributed by atoms with Gasteiger partial charge in [0.1, 0.15) is 17.5 Å². The van der Waals surface area contributed by atoms with Crippen LogP contribution in [0.5, 0.6) is 5.75 Å². The molecule has 7 heteroatoms. The van der Waals surface area contributed by atoms with Gasteiger partial charge in [-0.05, 0) is 93.6 Å². The summed E-state index contributed by atoms with van der Waals surface area (Å²) in [6, 6.07) is 20.7. The van der Waals surface area contributed by atoms with Gasteiger partial charge in [0, 0.05) is 69.4 Å². The van der Waals surface area contributed by atoms with E-state index in [4.69, 9.17) is 4.74 Å². The van der Waals surface area contributed by atoms with Crippen LogP contribution >= 0.6 is 0 Å². The first-order chi connectivity index (χ1) is 21.0. The molecule has 1 amide bonds. The van der Waals surface area contributed by atoms with E-state index in [0.29, 0.717) is 36.7 Å². The molecule has 3 aromatic rings. The number of ketones is 1. The molecule has 3 aliphatic rings. The van der Waals surface area contributed by atoms with Gasteiger partial charge in [-0.25, -0.2) is 0 Å². The van der Waals surface area contributed by atoms with Crippen LogP contribution in [0.2, 0.25) is 0 Å². The van der Waals surface area contributed by atoms with Gasteiger partial charge in [0.25, 0.3) is 5.91 Å². The molecule has 1 aromatic heterocycles. The van der Waals surface area contributed by atoms with Crippen LogP contribution in [0.4, 0.5) is 5.69 Å². The lowest BCUT2D eigenvalue weighted by atomic mass is 9.90. The van der Waals surface area contributed by atoms with Gasteiger partial charge in [-0.2, -0.15) is 0 Å². The number of amides is 1. The topological polar surface area (TPSA) is 66.0 Å². The number of carbonyl (C=O) groups excluding carboxylic acids is 2. The maximum absolute atomic E-state index is 13.1. The van der Waals surface area contributed by atoms with E-state index in [0.717, 1.165) is 51.1 Å². The van der Waals surface area contributed by atoms with Crippen LogP contribution in [0.25, 0.3) is 0 Å². The second-order valence-electron chi connectivity index (χ2n) is 12.6. The number of carbonyl (C=O) groups is 2. The third-order valence-corrected chi connectivity index (χ3v) is 9.35. The third-order valence-electron chi connectivity index (χ3n) is 9.35. The smallest absolute Gasteiger partial charge is 0.272 e. The summed E-state index contributed by atoms with van der Waals surface area (Å²) in [6.45, 7) is 8.70. The molecule has 0 N–H and O–H groups in total. The monoisotopic (exact) mass is 580 g/mol. The number of rotatable bonds is 9. The van der Waals surface area contributed by atoms with Crippen molar-refractivity contribution in [1.82, 2.24) is 14.8 Å². The van der Waals surface area contributed by atoms with Crippen LogP contribution in [-0.2, 0) is 6.54 Å². The number of ether oxygens (including phenoxy) is 1. The molecule has 3 saturated heterocycles. The van der Waals surface area contributed by atoms with Gasteiger partial charge in [-0.1, -0.05) is 29.8 Å². The molecule has 6 rings (SSSR count). The van der Waals surface area contributed by atoms with Gasteiger partial charge in [0.05, 0.1) is 0 Å². The molecule has 226 valence electrons. The Balaban J connectivity index is 0.922. The van der Waals surface area contributed by atoms with Crippen LogP contribution in [0.3, 0.4) is 0 Å². The zero-order valence-electron chi connectivity index (χ0n) is 25.4. The van der Waals surface area contributed by atoms with E-state index in [-0.39, 0.29) is 17.8 Å². The Morgan fingerprint density at radius 3 is 2.16 bits per heavy atom. The predicted molar refractivity (Wildman–Crippen MR) is 170 cm³/mol. The van der Waals surface area contributed by atoms with Crippen LogP contribution in [-0.4, -0.2) is 71.8 Å². The number of aryl methyl sites for hydroxylation is 1. The zero-order valence-corrected chi connectivity index (χ0v) is 25.4. The summed E-state index contributed by atoms with van der Waals surface area (Å²) in [5.74, 6) is 1.31. The first kappa shape index (κ1) is 29.4. The molecule has 2 aromatic carbocycles. The van der Waals surface area contributed by atoms with E-state index < -0.39 is 0 Å². The van der Waals surface area contributed by atoms with Crippen molar-refractivity contribution in [1.29, 1.82) is 0 Å². The highest BCUT2D eigenvalue weighted by atomic mass is 16.5. The summed E-state index contributed by atoms with van der Waals surface area (Å²) in [4.78, 5) is 37.3. The Morgan fingerprint density at radius 2 is 1.51 bits per heavy atom. The second-order valence-corrected chi connectivity index (χ2v) is 12.6. The van der Waals surface area contributed by atoms with Gasteiger partial charge in [0.2, 0.25) is 0 Å². The fourth-order valence-corrected chi connectivity index (χ4v) is 6.61. The number of hydrogen-bond donors (Lipinski definition) is 0. The summed E-state index contributed by atoms with van der Waals surface area (Å²) < 4.78 is 6.11. The number of nitrogens with zero attached hydrogens (tertiary/aromatic N) is 4. The minimum Gasteiger partial charge on any atom is -0.490 e. The lowest BCUT2D eigenvalue weighted by Gasteiger charge is -2.32. The maximum atomic E-state index is 13.1. The van der Waals surface area contributed by atoms with Crippen LogP contribution < -0.4 is 9.64 Å². The largest absolute Gasteiger partial charge is 0.490 e. The van der Waals surface area contributed by atoms with E-state index in [9.17, 15) is 9.59 Å². The molecule has 43 heavy (non-hydrogen) atoms. The number of piperidine rings is 2. The highest BCUT2D eigenvalue weighted by molar-refractivity contribution is 5.97. The molecule has 0 radical (unpaired) electrons. The van der Waals surface area contributed by atoms with Crippen LogP contribution in [0, 0.1) is 12.8 Å². The highest BCUT2D eigenvalue weighted by Gasteiger charge is 2.26. The maximum Gasteiger partial charge on any atom is 0.272 e. The molecule has 0 aliphatic carbocycles. The van der Waals surface area contributed by atoms with E-state index >= 15 is 0 Å². The van der Waals surface area contributed by atoms with Gasteiger partial charge in [0.15, 0.2) is 5.78 Å². The molecule has 3 aliphatic heterocycles. The molecule has 0 atom stereocenters. The molecular formula is C36H44N4O3. The van der Waals surface area contributed by atoms with Gasteiger partial charge in [-0.3, -0.25) is 19.5 Å². The van der Waals surface area contributed by atoms with Crippen molar-refractivity contribution >= 4 is 17.4 Å². The van der Waals surface area contributed by atoms with Crippen LogP contribution in [0.15, 0.2) is 66.9 Å². The van der Waals surface area contributed by atoms with Gasteiger partial charge >= 0.3 is 0 Å². The SMILES string of the molecule is Cc1ccc(OC2CCN(C(=O)c3ccc(C(=O)CC4CCN(Cc5ccc(N6CCCC6)cc5)CC4)cn3)CC2)cc1. The molecule has 4 heterocycles. The van der Waals surface area contributed by atoms with Crippen molar-refractivity contribution in [2.45, 2.75) is 64.5 Å². The Morgan fingerprint density at radius 1 is 0.814 bits per heavy atom.